The van der Waals surface area contributed by atoms with Gasteiger partial charge in [0.25, 0.3) is 0 Å². The molecule has 2 aliphatic rings. The summed E-state index contributed by atoms with van der Waals surface area (Å²) in [6.45, 7) is 8.36. The van der Waals surface area contributed by atoms with Crippen LogP contribution in [0.3, 0.4) is 0 Å². The Morgan fingerprint density at radius 3 is 2.34 bits per heavy atom. The number of carbonyl (C=O) groups is 2. The van der Waals surface area contributed by atoms with Crippen LogP contribution < -0.4 is 14.8 Å². The normalized spacial score (nSPS) is 22.9. The highest BCUT2D eigenvalue weighted by atomic mass is 16.5. The summed E-state index contributed by atoms with van der Waals surface area (Å²) in [5.74, 6) is 1.35. The second-order valence-electron chi connectivity index (χ2n) is 9.31. The highest BCUT2D eigenvalue weighted by Gasteiger charge is 2.43. The van der Waals surface area contributed by atoms with Crippen LogP contribution in [0.4, 0.5) is 5.69 Å². The molecule has 0 unspecified atom stereocenters. The quantitative estimate of drug-likeness (QED) is 0.657. The number of hydrogen-bond acceptors (Lipinski definition) is 5. The Labute approximate surface area is 192 Å². The van der Waals surface area contributed by atoms with Gasteiger partial charge in [-0.1, -0.05) is 13.3 Å². The van der Waals surface area contributed by atoms with E-state index in [0.717, 1.165) is 25.9 Å². The number of rotatable bonds is 8. The molecular weight excluding hydrogens is 406 g/mol. The van der Waals surface area contributed by atoms with Crippen molar-refractivity contribution in [2.24, 2.45) is 5.92 Å². The lowest BCUT2D eigenvalue weighted by Crippen LogP contribution is -2.60. The molecule has 3 rings (SSSR count). The Kier molecular flexibility index (Phi) is 8.04. The second-order valence-corrected chi connectivity index (χ2v) is 9.31. The van der Waals surface area contributed by atoms with Gasteiger partial charge >= 0.3 is 0 Å². The van der Waals surface area contributed by atoms with E-state index in [1.54, 1.807) is 39.3 Å². The number of amides is 2. The second kappa shape index (κ2) is 10.6. The van der Waals surface area contributed by atoms with Gasteiger partial charge in [0.15, 0.2) is 0 Å². The van der Waals surface area contributed by atoms with Crippen LogP contribution in [0.1, 0.15) is 59.3 Å². The van der Waals surface area contributed by atoms with Crippen LogP contribution in [-0.2, 0) is 9.59 Å². The SMILES string of the molecule is CC[C@](C)(C(=O)Nc1cc(OC)cc(OC)c1)N(C[C@H]1CCCN2CCCC[C@H]12)C(C)=O. The van der Waals surface area contributed by atoms with Gasteiger partial charge in [-0.05, 0) is 58.0 Å². The van der Waals surface area contributed by atoms with Crippen molar-refractivity contribution in [1.29, 1.82) is 0 Å². The minimum atomic E-state index is -0.945. The first-order valence-electron chi connectivity index (χ1n) is 11.9. The summed E-state index contributed by atoms with van der Waals surface area (Å²) < 4.78 is 10.7. The van der Waals surface area contributed by atoms with Crippen molar-refractivity contribution in [2.75, 3.05) is 39.2 Å². The first-order chi connectivity index (χ1) is 15.3. The molecule has 0 aromatic heterocycles. The minimum absolute atomic E-state index is 0.0549. The van der Waals surface area contributed by atoms with Crippen molar-refractivity contribution in [3.05, 3.63) is 18.2 Å². The summed E-state index contributed by atoms with van der Waals surface area (Å²) >= 11 is 0. The first kappa shape index (κ1) is 24.4. The summed E-state index contributed by atoms with van der Waals surface area (Å²) in [5.41, 5.74) is -0.357. The maximum atomic E-state index is 13.5. The lowest BCUT2D eigenvalue weighted by Gasteiger charge is -2.48. The number of nitrogens with zero attached hydrogens (tertiary/aromatic N) is 2. The number of nitrogens with one attached hydrogen (secondary N) is 1. The number of anilines is 1. The van der Waals surface area contributed by atoms with Crippen LogP contribution >= 0.6 is 0 Å². The Hall–Kier alpha value is -2.28. The molecule has 1 aromatic rings. The fourth-order valence-corrected chi connectivity index (χ4v) is 5.32. The van der Waals surface area contributed by atoms with E-state index in [9.17, 15) is 9.59 Å². The Balaban J connectivity index is 1.81. The van der Waals surface area contributed by atoms with Crippen molar-refractivity contribution in [3.8, 4) is 11.5 Å². The molecule has 178 valence electrons. The molecular formula is C25H39N3O4. The van der Waals surface area contributed by atoms with Crippen LogP contribution in [-0.4, -0.2) is 67.0 Å². The van der Waals surface area contributed by atoms with Gasteiger partial charge in [-0.15, -0.1) is 0 Å². The Morgan fingerprint density at radius 2 is 1.75 bits per heavy atom. The molecule has 3 atom stereocenters. The van der Waals surface area contributed by atoms with E-state index >= 15 is 0 Å². The summed E-state index contributed by atoms with van der Waals surface area (Å²) in [6, 6.07) is 5.80. The summed E-state index contributed by atoms with van der Waals surface area (Å²) in [6.07, 6.45) is 6.50. The van der Waals surface area contributed by atoms with Gasteiger partial charge in [-0.3, -0.25) is 9.59 Å². The zero-order valence-corrected chi connectivity index (χ0v) is 20.3. The van der Waals surface area contributed by atoms with Crippen molar-refractivity contribution in [1.82, 2.24) is 9.80 Å². The van der Waals surface area contributed by atoms with E-state index in [-0.39, 0.29) is 11.8 Å². The van der Waals surface area contributed by atoms with E-state index in [2.05, 4.69) is 10.2 Å². The molecule has 2 amide bonds. The third-order valence-corrected chi connectivity index (χ3v) is 7.41. The predicted octanol–water partition coefficient (Wildman–Crippen LogP) is 3.92. The molecule has 2 fully saturated rings. The van der Waals surface area contributed by atoms with Gasteiger partial charge in [-0.25, -0.2) is 0 Å². The number of ether oxygens (including phenoxy) is 2. The molecule has 2 heterocycles. The van der Waals surface area contributed by atoms with E-state index < -0.39 is 5.54 Å². The molecule has 1 N–H and O–H groups in total. The van der Waals surface area contributed by atoms with Crippen molar-refractivity contribution < 1.29 is 19.1 Å². The van der Waals surface area contributed by atoms with Gasteiger partial charge in [0.05, 0.1) is 14.2 Å². The standard InChI is InChI=1S/C25H39N3O4/c1-6-25(3,24(30)26-20-14-21(31-4)16-22(15-20)32-5)28(18(2)29)17-19-10-9-13-27-12-8-7-11-23(19)27/h14-16,19,23H,6-13,17H2,1-5H3,(H,26,30)/t19-,23-,25-/m1/s1. The third kappa shape index (κ3) is 5.20. The molecule has 0 saturated carbocycles. The molecule has 2 saturated heterocycles. The lowest BCUT2D eigenvalue weighted by molar-refractivity contribution is -0.145. The highest BCUT2D eigenvalue weighted by Crippen LogP contribution is 2.34. The molecule has 7 nitrogen and oxygen atoms in total. The maximum Gasteiger partial charge on any atom is 0.250 e. The van der Waals surface area contributed by atoms with Crippen LogP contribution in [0.25, 0.3) is 0 Å². The monoisotopic (exact) mass is 445 g/mol. The number of carbonyl (C=O) groups excluding carboxylic acids is 2. The van der Waals surface area contributed by atoms with Gasteiger partial charge in [0.1, 0.15) is 17.0 Å². The number of hydrogen-bond donors (Lipinski definition) is 1. The zero-order valence-electron chi connectivity index (χ0n) is 20.3. The number of fused-ring (bicyclic) bond motifs is 1. The molecule has 2 aliphatic heterocycles. The van der Waals surface area contributed by atoms with Gasteiger partial charge < -0.3 is 24.6 Å². The topological polar surface area (TPSA) is 71.1 Å². The minimum Gasteiger partial charge on any atom is -0.497 e. The average Bonchev–Trinajstić information content (AvgIpc) is 2.81. The average molecular weight is 446 g/mol. The van der Waals surface area contributed by atoms with E-state index in [4.69, 9.17) is 9.47 Å². The Morgan fingerprint density at radius 1 is 1.09 bits per heavy atom. The largest absolute Gasteiger partial charge is 0.497 e. The van der Waals surface area contributed by atoms with Gasteiger partial charge in [0, 0.05) is 43.4 Å². The molecule has 7 heteroatoms. The lowest BCUT2D eigenvalue weighted by atomic mass is 9.82. The number of methoxy groups -OCH3 is 2. The van der Waals surface area contributed by atoms with E-state index in [0.29, 0.717) is 42.1 Å². The molecule has 0 spiro atoms. The molecule has 32 heavy (non-hydrogen) atoms. The van der Waals surface area contributed by atoms with Gasteiger partial charge in [-0.2, -0.15) is 0 Å². The molecule has 0 radical (unpaired) electrons. The number of piperidine rings is 2. The van der Waals surface area contributed by atoms with Crippen LogP contribution in [0, 0.1) is 5.92 Å². The molecule has 1 aromatic carbocycles. The summed E-state index contributed by atoms with van der Waals surface area (Å²) in [7, 11) is 3.15. The van der Waals surface area contributed by atoms with Crippen molar-refractivity contribution in [2.45, 2.75) is 70.9 Å². The first-order valence-corrected chi connectivity index (χ1v) is 11.9. The third-order valence-electron chi connectivity index (χ3n) is 7.41. The van der Waals surface area contributed by atoms with Crippen molar-refractivity contribution >= 4 is 17.5 Å². The molecule has 0 aliphatic carbocycles. The molecule has 0 bridgehead atoms. The maximum absolute atomic E-state index is 13.5. The summed E-state index contributed by atoms with van der Waals surface area (Å²) in [4.78, 5) is 30.8. The van der Waals surface area contributed by atoms with E-state index in [1.165, 1.54) is 19.3 Å². The Bertz CT molecular complexity index is 790. The summed E-state index contributed by atoms with van der Waals surface area (Å²) in [5, 5.41) is 3.01. The fraction of sp³-hybridized carbons (Fsp3) is 0.680. The van der Waals surface area contributed by atoms with Crippen LogP contribution in [0.5, 0.6) is 11.5 Å². The smallest absolute Gasteiger partial charge is 0.250 e. The van der Waals surface area contributed by atoms with Crippen LogP contribution in [0.2, 0.25) is 0 Å². The van der Waals surface area contributed by atoms with Crippen molar-refractivity contribution in [3.63, 3.8) is 0 Å². The predicted molar refractivity (Wildman–Crippen MR) is 126 cm³/mol. The van der Waals surface area contributed by atoms with Crippen LogP contribution in [0.15, 0.2) is 18.2 Å². The highest BCUT2D eigenvalue weighted by molar-refractivity contribution is 6.00. The number of benzene rings is 1. The van der Waals surface area contributed by atoms with E-state index in [1.807, 2.05) is 18.7 Å². The fourth-order valence-electron chi connectivity index (χ4n) is 5.32. The zero-order chi connectivity index (χ0) is 23.3. The van der Waals surface area contributed by atoms with Gasteiger partial charge in [0.2, 0.25) is 11.8 Å².